The molecule has 6 heteroatoms. The van der Waals surface area contributed by atoms with Gasteiger partial charge >= 0.3 is 10.1 Å². The van der Waals surface area contributed by atoms with Crippen molar-refractivity contribution in [3.05, 3.63) is 113 Å². The number of benzene rings is 6. The monoisotopic (exact) mass is 592 g/mol. The van der Waals surface area contributed by atoms with Gasteiger partial charge in [0.15, 0.2) is 0 Å². The van der Waals surface area contributed by atoms with Crippen molar-refractivity contribution in [2.45, 2.75) is 4.90 Å². The minimum Gasteiger partial charge on any atom is -0.497 e. The van der Waals surface area contributed by atoms with Crippen molar-refractivity contribution in [2.24, 2.45) is 0 Å². The van der Waals surface area contributed by atoms with Crippen LogP contribution in [0.3, 0.4) is 0 Å². The van der Waals surface area contributed by atoms with Crippen LogP contribution < -0.4 is 8.92 Å². The zero-order valence-electron chi connectivity index (χ0n) is 18.8. The molecule has 0 atom stereocenters. The SMILES string of the molecule is COc1ccc(OS(=O)(=O)c2ccc3ccc4cccc5ccc2c3c45)cc1.Ic1ccccc1. The van der Waals surface area contributed by atoms with Crippen molar-refractivity contribution in [2.75, 3.05) is 7.11 Å². The zero-order chi connectivity index (χ0) is 24.4. The Morgan fingerprint density at radius 3 is 1.77 bits per heavy atom. The maximum atomic E-state index is 13.0. The summed E-state index contributed by atoms with van der Waals surface area (Å²) in [4.78, 5) is 0.161. The van der Waals surface area contributed by atoms with Gasteiger partial charge < -0.3 is 8.92 Å². The van der Waals surface area contributed by atoms with Crippen LogP contribution in [0.25, 0.3) is 32.3 Å². The molecule has 0 aromatic heterocycles. The van der Waals surface area contributed by atoms with E-state index in [2.05, 4.69) is 40.8 Å². The lowest BCUT2D eigenvalue weighted by Crippen LogP contribution is -2.10. The Labute approximate surface area is 217 Å². The molecule has 0 heterocycles. The lowest BCUT2D eigenvalue weighted by Gasteiger charge is -2.14. The Bertz CT molecular complexity index is 1700. The van der Waals surface area contributed by atoms with E-state index in [1.807, 2.05) is 60.7 Å². The molecule has 0 saturated carbocycles. The van der Waals surface area contributed by atoms with Gasteiger partial charge in [0.25, 0.3) is 0 Å². The lowest BCUT2D eigenvalue weighted by atomic mass is 9.94. The Kier molecular flexibility index (Phi) is 6.49. The van der Waals surface area contributed by atoms with Gasteiger partial charge in [0, 0.05) is 8.96 Å². The van der Waals surface area contributed by atoms with E-state index in [0.29, 0.717) is 11.1 Å². The fourth-order valence-corrected chi connectivity index (χ4v) is 5.69. The van der Waals surface area contributed by atoms with Gasteiger partial charge in [0.2, 0.25) is 0 Å². The summed E-state index contributed by atoms with van der Waals surface area (Å²) in [5.74, 6) is 0.874. The molecule has 0 fully saturated rings. The number of hydrogen-bond donors (Lipinski definition) is 0. The largest absolute Gasteiger partial charge is 0.497 e. The molecule has 0 aliphatic rings. The maximum absolute atomic E-state index is 13.0. The number of halogens is 1. The molecule has 6 rings (SSSR count). The minimum atomic E-state index is -4.00. The Morgan fingerprint density at radius 1 is 0.600 bits per heavy atom. The van der Waals surface area contributed by atoms with Gasteiger partial charge in [-0.15, -0.1) is 0 Å². The van der Waals surface area contributed by atoms with Crippen molar-refractivity contribution in [3.63, 3.8) is 0 Å². The van der Waals surface area contributed by atoms with Gasteiger partial charge in [-0.3, -0.25) is 0 Å². The number of hydrogen-bond acceptors (Lipinski definition) is 4. The molecule has 174 valence electrons. The summed E-state index contributed by atoms with van der Waals surface area (Å²) in [7, 11) is -2.45. The third-order valence-corrected chi connectivity index (χ3v) is 7.78. The van der Waals surface area contributed by atoms with Gasteiger partial charge in [0.05, 0.1) is 7.11 Å². The average Bonchev–Trinajstić information content (AvgIpc) is 2.88. The maximum Gasteiger partial charge on any atom is 0.339 e. The second-order valence-corrected chi connectivity index (χ2v) is 10.7. The summed E-state index contributed by atoms with van der Waals surface area (Å²) in [5.41, 5.74) is 0. The van der Waals surface area contributed by atoms with Gasteiger partial charge in [-0.1, -0.05) is 66.7 Å². The lowest BCUT2D eigenvalue weighted by molar-refractivity contribution is 0.413. The molecule has 0 bridgehead atoms. The van der Waals surface area contributed by atoms with Gasteiger partial charge in [0.1, 0.15) is 16.4 Å². The third-order valence-electron chi connectivity index (χ3n) is 5.76. The Hall–Kier alpha value is -3.36. The van der Waals surface area contributed by atoms with Crippen molar-refractivity contribution in [1.29, 1.82) is 0 Å². The van der Waals surface area contributed by atoms with Crippen LogP contribution in [0.5, 0.6) is 11.5 Å². The molecule has 0 radical (unpaired) electrons. The molecule has 4 nitrogen and oxygen atoms in total. The molecule has 0 N–H and O–H groups in total. The highest BCUT2D eigenvalue weighted by Gasteiger charge is 2.22. The van der Waals surface area contributed by atoms with E-state index in [9.17, 15) is 8.42 Å². The molecule has 0 saturated heterocycles. The highest BCUT2D eigenvalue weighted by Crippen LogP contribution is 2.37. The Balaban J connectivity index is 0.000000313. The van der Waals surface area contributed by atoms with E-state index >= 15 is 0 Å². The van der Waals surface area contributed by atoms with Crippen LogP contribution in [0.2, 0.25) is 0 Å². The molecule has 0 amide bonds. The van der Waals surface area contributed by atoms with E-state index in [1.54, 1.807) is 37.4 Å². The quantitative estimate of drug-likeness (QED) is 0.120. The van der Waals surface area contributed by atoms with Crippen molar-refractivity contribution >= 4 is 65.0 Å². The second kappa shape index (κ2) is 9.71. The average molecular weight is 592 g/mol. The summed E-state index contributed by atoms with van der Waals surface area (Å²) in [6.07, 6.45) is 0. The van der Waals surface area contributed by atoms with Crippen LogP contribution in [0.15, 0.2) is 114 Å². The highest BCUT2D eigenvalue weighted by atomic mass is 127. The molecular weight excluding hydrogens is 571 g/mol. The van der Waals surface area contributed by atoms with Crippen LogP contribution in [0, 0.1) is 3.57 Å². The van der Waals surface area contributed by atoms with Crippen molar-refractivity contribution in [1.82, 2.24) is 0 Å². The first-order valence-corrected chi connectivity index (χ1v) is 13.4. The molecular formula is C29H21IO4S. The summed E-state index contributed by atoms with van der Waals surface area (Å²) in [5, 5.41) is 5.84. The molecule has 6 aromatic carbocycles. The molecule has 6 aromatic rings. The zero-order valence-corrected chi connectivity index (χ0v) is 21.8. The first kappa shape index (κ1) is 23.4. The molecule has 0 unspecified atom stereocenters. The van der Waals surface area contributed by atoms with Gasteiger partial charge in [-0.05, 0) is 92.0 Å². The second-order valence-electron chi connectivity index (χ2n) is 7.93. The van der Waals surface area contributed by atoms with Crippen LogP contribution >= 0.6 is 22.6 Å². The van der Waals surface area contributed by atoms with Crippen molar-refractivity contribution in [3.8, 4) is 11.5 Å². The minimum absolute atomic E-state index is 0.161. The van der Waals surface area contributed by atoms with Crippen LogP contribution in [-0.4, -0.2) is 15.5 Å². The Morgan fingerprint density at radius 2 is 1.17 bits per heavy atom. The van der Waals surface area contributed by atoms with Crippen LogP contribution in [0.4, 0.5) is 0 Å². The van der Waals surface area contributed by atoms with E-state index in [4.69, 9.17) is 8.92 Å². The standard InChI is InChI=1S/C23H16O4S.C6H5I/c1-26-18-9-11-19(12-10-18)27-28(24,25)21-14-8-17-6-5-15-3-2-4-16-7-13-20(21)23(17)22(15)16;7-6-4-2-1-3-5-6/h2-14H,1H3;1-5H. The predicted octanol–water partition coefficient (Wildman–Crippen LogP) is 7.65. The number of rotatable bonds is 4. The normalized spacial score (nSPS) is 11.4. The van der Waals surface area contributed by atoms with E-state index in [-0.39, 0.29) is 10.6 Å². The van der Waals surface area contributed by atoms with Gasteiger partial charge in [-0.25, -0.2) is 0 Å². The number of ether oxygens (including phenoxy) is 1. The third kappa shape index (κ3) is 4.76. The summed E-state index contributed by atoms with van der Waals surface area (Å²) in [6.45, 7) is 0. The van der Waals surface area contributed by atoms with E-state index < -0.39 is 10.1 Å². The topological polar surface area (TPSA) is 52.6 Å². The first-order chi connectivity index (χ1) is 17.0. The summed E-state index contributed by atoms with van der Waals surface area (Å²) >= 11 is 2.28. The highest BCUT2D eigenvalue weighted by molar-refractivity contribution is 14.1. The smallest absolute Gasteiger partial charge is 0.339 e. The summed E-state index contributed by atoms with van der Waals surface area (Å²) < 4.78 is 37.9. The molecule has 0 aliphatic carbocycles. The molecule has 0 spiro atoms. The molecule has 35 heavy (non-hydrogen) atoms. The van der Waals surface area contributed by atoms with Crippen LogP contribution in [0.1, 0.15) is 0 Å². The fourth-order valence-electron chi connectivity index (χ4n) is 4.14. The van der Waals surface area contributed by atoms with Crippen molar-refractivity contribution < 1.29 is 17.3 Å². The number of methoxy groups -OCH3 is 1. The predicted molar refractivity (Wildman–Crippen MR) is 150 cm³/mol. The summed E-state index contributed by atoms with van der Waals surface area (Å²) in [6, 6.07) is 34.1. The van der Waals surface area contributed by atoms with Crippen LogP contribution in [-0.2, 0) is 10.1 Å². The van der Waals surface area contributed by atoms with E-state index in [0.717, 1.165) is 26.9 Å². The fraction of sp³-hybridized carbons (Fsp3) is 0.0345. The first-order valence-electron chi connectivity index (χ1n) is 10.9. The van der Waals surface area contributed by atoms with Gasteiger partial charge in [-0.2, -0.15) is 8.42 Å². The van der Waals surface area contributed by atoms with E-state index in [1.165, 1.54) is 3.57 Å². The molecule has 0 aliphatic heterocycles.